The van der Waals surface area contributed by atoms with E-state index in [0.29, 0.717) is 19.6 Å². The van der Waals surface area contributed by atoms with Crippen molar-refractivity contribution < 1.29 is 23.1 Å². The molecule has 0 aromatic heterocycles. The summed E-state index contributed by atoms with van der Waals surface area (Å²) in [7, 11) is -3.33. The molecule has 116 valence electrons. The van der Waals surface area contributed by atoms with Gasteiger partial charge in [0.05, 0.1) is 17.4 Å². The van der Waals surface area contributed by atoms with E-state index in [1.165, 1.54) is 12.1 Å². The summed E-state index contributed by atoms with van der Waals surface area (Å²) in [6, 6.07) is 6.41. The zero-order valence-corrected chi connectivity index (χ0v) is 12.4. The van der Waals surface area contributed by atoms with Crippen LogP contribution in [0.25, 0.3) is 0 Å². The van der Waals surface area contributed by atoms with Crippen molar-refractivity contribution in [1.29, 1.82) is 0 Å². The average Bonchev–Trinajstić information content (AvgIpc) is 2.91. The third kappa shape index (κ3) is 5.11. The molecule has 0 amide bonds. The lowest BCUT2D eigenvalue weighted by Gasteiger charge is -2.11. The number of sulfonamides is 1. The maximum absolute atomic E-state index is 11.9. The van der Waals surface area contributed by atoms with Gasteiger partial charge in [-0.2, -0.15) is 0 Å². The molecule has 7 heteroatoms. The summed E-state index contributed by atoms with van der Waals surface area (Å²) in [5.74, 6) is -0.968. The number of ether oxygens (including phenoxy) is 1. The molecule has 1 aromatic carbocycles. The highest BCUT2D eigenvalue weighted by molar-refractivity contribution is 7.89. The van der Waals surface area contributed by atoms with Crippen molar-refractivity contribution >= 4 is 16.0 Å². The molecule has 6 nitrogen and oxygen atoms in total. The maximum atomic E-state index is 11.9. The van der Waals surface area contributed by atoms with Crippen LogP contribution in [0.4, 0.5) is 0 Å². The number of carboxylic acids is 1. The second-order valence-corrected chi connectivity index (χ2v) is 6.91. The SMILES string of the molecule is O=C(O)c1ccc(CCNS(=O)(=O)CC2CCCO2)cc1. The van der Waals surface area contributed by atoms with Crippen molar-refractivity contribution in [2.75, 3.05) is 18.9 Å². The first kappa shape index (κ1) is 15.9. The van der Waals surface area contributed by atoms with Gasteiger partial charge in [-0.1, -0.05) is 12.1 Å². The first-order chi connectivity index (χ1) is 9.96. The highest BCUT2D eigenvalue weighted by atomic mass is 32.2. The number of benzene rings is 1. The van der Waals surface area contributed by atoms with E-state index in [-0.39, 0.29) is 17.4 Å². The Morgan fingerprint density at radius 2 is 2.05 bits per heavy atom. The van der Waals surface area contributed by atoms with Crippen molar-refractivity contribution in [3.05, 3.63) is 35.4 Å². The Labute approximate surface area is 124 Å². The molecule has 0 saturated carbocycles. The monoisotopic (exact) mass is 313 g/mol. The van der Waals surface area contributed by atoms with Gasteiger partial charge >= 0.3 is 5.97 Å². The van der Waals surface area contributed by atoms with Gasteiger partial charge in [0.15, 0.2) is 0 Å². The van der Waals surface area contributed by atoms with Gasteiger partial charge in [0.25, 0.3) is 0 Å². The van der Waals surface area contributed by atoms with Crippen LogP contribution in [0.1, 0.15) is 28.8 Å². The maximum Gasteiger partial charge on any atom is 0.335 e. The van der Waals surface area contributed by atoms with Crippen molar-refractivity contribution in [1.82, 2.24) is 4.72 Å². The van der Waals surface area contributed by atoms with Crippen molar-refractivity contribution in [3.8, 4) is 0 Å². The predicted octanol–water partition coefficient (Wildman–Crippen LogP) is 1.03. The van der Waals surface area contributed by atoms with Gasteiger partial charge in [0.2, 0.25) is 10.0 Å². The molecule has 0 spiro atoms. The third-order valence-corrected chi connectivity index (χ3v) is 4.82. The second kappa shape index (κ2) is 7.02. The molecular formula is C14H19NO5S. The highest BCUT2D eigenvalue weighted by Gasteiger charge is 2.22. The van der Waals surface area contributed by atoms with E-state index < -0.39 is 16.0 Å². The molecule has 2 rings (SSSR count). The Morgan fingerprint density at radius 1 is 1.33 bits per heavy atom. The van der Waals surface area contributed by atoms with Gasteiger partial charge in [-0.15, -0.1) is 0 Å². The molecule has 0 radical (unpaired) electrons. The van der Waals surface area contributed by atoms with Crippen LogP contribution in [0.15, 0.2) is 24.3 Å². The van der Waals surface area contributed by atoms with E-state index >= 15 is 0 Å². The Kier molecular flexibility index (Phi) is 5.33. The Bertz CT molecular complexity index is 576. The van der Waals surface area contributed by atoms with Gasteiger partial charge < -0.3 is 9.84 Å². The van der Waals surface area contributed by atoms with E-state index in [2.05, 4.69) is 4.72 Å². The van der Waals surface area contributed by atoms with Crippen molar-refractivity contribution in [2.45, 2.75) is 25.4 Å². The van der Waals surface area contributed by atoms with E-state index in [9.17, 15) is 13.2 Å². The Hall–Kier alpha value is -1.44. The van der Waals surface area contributed by atoms with E-state index in [1.54, 1.807) is 12.1 Å². The fourth-order valence-corrected chi connectivity index (χ4v) is 3.53. The molecule has 2 N–H and O–H groups in total. The largest absolute Gasteiger partial charge is 0.478 e. The van der Waals surface area contributed by atoms with Crippen LogP contribution in [-0.4, -0.2) is 44.5 Å². The first-order valence-electron chi connectivity index (χ1n) is 6.87. The van der Waals surface area contributed by atoms with E-state index in [1.807, 2.05) is 0 Å². The van der Waals surface area contributed by atoms with Gasteiger partial charge in [-0.25, -0.2) is 17.9 Å². The van der Waals surface area contributed by atoms with Crippen LogP contribution >= 0.6 is 0 Å². The smallest absolute Gasteiger partial charge is 0.335 e. The van der Waals surface area contributed by atoms with Gasteiger partial charge in [-0.05, 0) is 37.0 Å². The normalized spacial score (nSPS) is 18.8. The molecule has 1 aliphatic heterocycles. The first-order valence-corrected chi connectivity index (χ1v) is 8.53. The summed E-state index contributed by atoms with van der Waals surface area (Å²) in [6.45, 7) is 0.928. The summed E-state index contributed by atoms with van der Waals surface area (Å²) >= 11 is 0. The third-order valence-electron chi connectivity index (χ3n) is 3.37. The quantitative estimate of drug-likeness (QED) is 0.784. The molecule has 21 heavy (non-hydrogen) atoms. The molecule has 1 aromatic rings. The lowest BCUT2D eigenvalue weighted by atomic mass is 10.1. The molecular weight excluding hydrogens is 294 g/mol. The minimum absolute atomic E-state index is 0.00491. The molecule has 1 aliphatic rings. The lowest BCUT2D eigenvalue weighted by Crippen LogP contribution is -2.33. The molecule has 0 aliphatic carbocycles. The van der Waals surface area contributed by atoms with Crippen LogP contribution in [0.5, 0.6) is 0 Å². The molecule has 1 atom stereocenters. The Balaban J connectivity index is 1.78. The number of hydrogen-bond donors (Lipinski definition) is 2. The summed E-state index contributed by atoms with van der Waals surface area (Å²) < 4.78 is 31.6. The van der Waals surface area contributed by atoms with Crippen LogP contribution in [0, 0.1) is 0 Å². The standard InChI is InChI=1S/C14H19NO5S/c16-14(17)12-5-3-11(4-6-12)7-8-15-21(18,19)10-13-2-1-9-20-13/h3-6,13,15H,1-2,7-10H2,(H,16,17). The van der Waals surface area contributed by atoms with Crippen LogP contribution in [0.2, 0.25) is 0 Å². The second-order valence-electron chi connectivity index (χ2n) is 5.06. The van der Waals surface area contributed by atoms with E-state index in [4.69, 9.17) is 9.84 Å². The number of aromatic carboxylic acids is 1. The number of hydrogen-bond acceptors (Lipinski definition) is 4. The van der Waals surface area contributed by atoms with Gasteiger partial charge in [0, 0.05) is 13.2 Å². The highest BCUT2D eigenvalue weighted by Crippen LogP contribution is 2.13. The zero-order valence-electron chi connectivity index (χ0n) is 11.6. The average molecular weight is 313 g/mol. The van der Waals surface area contributed by atoms with Crippen molar-refractivity contribution in [3.63, 3.8) is 0 Å². The molecule has 1 heterocycles. The van der Waals surface area contributed by atoms with Crippen LogP contribution in [-0.2, 0) is 21.2 Å². The summed E-state index contributed by atoms with van der Waals surface area (Å²) in [5.41, 5.74) is 1.11. The fraction of sp³-hybridized carbons (Fsp3) is 0.500. The molecule has 1 unspecified atom stereocenters. The summed E-state index contributed by atoms with van der Waals surface area (Å²) in [5, 5.41) is 8.79. The minimum Gasteiger partial charge on any atom is -0.478 e. The predicted molar refractivity (Wildman–Crippen MR) is 77.9 cm³/mol. The molecule has 0 bridgehead atoms. The number of nitrogens with one attached hydrogen (secondary N) is 1. The summed E-state index contributed by atoms with van der Waals surface area (Å²) in [4.78, 5) is 10.7. The Morgan fingerprint density at radius 3 is 2.62 bits per heavy atom. The van der Waals surface area contributed by atoms with Gasteiger partial charge in [-0.3, -0.25) is 0 Å². The lowest BCUT2D eigenvalue weighted by molar-refractivity contribution is 0.0697. The fourth-order valence-electron chi connectivity index (χ4n) is 2.24. The number of rotatable bonds is 7. The zero-order chi connectivity index (χ0) is 15.3. The van der Waals surface area contributed by atoms with Crippen LogP contribution in [0.3, 0.4) is 0 Å². The molecule has 1 saturated heterocycles. The summed E-state index contributed by atoms with van der Waals surface area (Å²) in [6.07, 6.45) is 2.02. The van der Waals surface area contributed by atoms with Gasteiger partial charge in [0.1, 0.15) is 0 Å². The van der Waals surface area contributed by atoms with Crippen LogP contribution < -0.4 is 4.72 Å². The topological polar surface area (TPSA) is 92.7 Å². The van der Waals surface area contributed by atoms with Crippen molar-refractivity contribution in [2.24, 2.45) is 0 Å². The number of carboxylic acid groups (broad SMARTS) is 1. The number of carbonyl (C=O) groups is 1. The minimum atomic E-state index is -3.33. The van der Waals surface area contributed by atoms with E-state index in [0.717, 1.165) is 18.4 Å². The molecule has 1 fully saturated rings.